The van der Waals surface area contributed by atoms with Gasteiger partial charge >= 0.3 is 0 Å². The Bertz CT molecular complexity index is 760. The van der Waals surface area contributed by atoms with Crippen LogP contribution in [-0.2, 0) is 13.0 Å². The Morgan fingerprint density at radius 2 is 1.85 bits per heavy atom. The number of fused-ring (bicyclic) bond motifs is 1. The van der Waals surface area contributed by atoms with Crippen LogP contribution in [0.25, 0.3) is 0 Å². The second-order valence-corrected chi connectivity index (χ2v) is 7.07. The minimum absolute atomic E-state index is 0.0798. The van der Waals surface area contributed by atoms with Crippen LogP contribution in [0.2, 0.25) is 0 Å². The molecule has 2 atom stereocenters. The average Bonchev–Trinajstić information content (AvgIpc) is 2.67. The van der Waals surface area contributed by atoms with Gasteiger partial charge in [0.2, 0.25) is 0 Å². The van der Waals surface area contributed by atoms with Crippen LogP contribution < -0.4 is 15.2 Å². The molecule has 0 spiro atoms. The first kappa shape index (κ1) is 18.7. The number of ether oxygens (including phenoxy) is 2. The Morgan fingerprint density at radius 1 is 1.15 bits per heavy atom. The molecule has 0 fully saturated rings. The van der Waals surface area contributed by atoms with Crippen LogP contribution in [0.4, 0.5) is 0 Å². The summed E-state index contributed by atoms with van der Waals surface area (Å²) in [6.45, 7) is 6.25. The lowest BCUT2D eigenvalue weighted by Gasteiger charge is -2.41. The highest BCUT2D eigenvalue weighted by Crippen LogP contribution is 2.40. The van der Waals surface area contributed by atoms with Crippen molar-refractivity contribution in [1.82, 2.24) is 4.90 Å². The molecule has 3 rings (SSSR count). The summed E-state index contributed by atoms with van der Waals surface area (Å²) in [6, 6.07) is 13.1. The standard InChI is InChI=1S/C22H30N2O2/c1-5-19(23)22-18-13-21(26-4)20(25-3)12-16(18)10-11-24(22)14-17-9-7-6-8-15(17)2/h6-9,12-13,19,22H,5,10-11,14,23H2,1-4H3/t19-,22+/m0/s1. The molecule has 0 aromatic heterocycles. The van der Waals surface area contributed by atoms with Crippen molar-refractivity contribution >= 4 is 0 Å². The van der Waals surface area contributed by atoms with Crippen LogP contribution >= 0.6 is 0 Å². The number of aryl methyl sites for hydroxylation is 1. The van der Waals surface area contributed by atoms with Crippen LogP contribution in [0, 0.1) is 6.92 Å². The van der Waals surface area contributed by atoms with Gasteiger partial charge in [0, 0.05) is 19.1 Å². The maximum atomic E-state index is 6.59. The molecule has 0 saturated carbocycles. The lowest BCUT2D eigenvalue weighted by molar-refractivity contribution is 0.148. The van der Waals surface area contributed by atoms with E-state index in [2.05, 4.69) is 55.1 Å². The molecular weight excluding hydrogens is 324 g/mol. The largest absolute Gasteiger partial charge is 0.493 e. The van der Waals surface area contributed by atoms with Crippen LogP contribution in [-0.4, -0.2) is 31.7 Å². The number of methoxy groups -OCH3 is 2. The van der Waals surface area contributed by atoms with Crippen molar-refractivity contribution in [2.24, 2.45) is 5.73 Å². The summed E-state index contributed by atoms with van der Waals surface area (Å²) in [4.78, 5) is 2.52. The van der Waals surface area contributed by atoms with E-state index in [9.17, 15) is 0 Å². The van der Waals surface area contributed by atoms with E-state index in [-0.39, 0.29) is 12.1 Å². The second kappa shape index (κ2) is 8.11. The topological polar surface area (TPSA) is 47.7 Å². The van der Waals surface area contributed by atoms with Gasteiger partial charge in [0.25, 0.3) is 0 Å². The zero-order valence-electron chi connectivity index (χ0n) is 16.3. The second-order valence-electron chi connectivity index (χ2n) is 7.07. The van der Waals surface area contributed by atoms with Crippen molar-refractivity contribution in [1.29, 1.82) is 0 Å². The highest BCUT2D eigenvalue weighted by Gasteiger charge is 2.32. The summed E-state index contributed by atoms with van der Waals surface area (Å²) in [5.74, 6) is 1.57. The normalized spacial score (nSPS) is 18.3. The molecule has 26 heavy (non-hydrogen) atoms. The Morgan fingerprint density at radius 3 is 2.50 bits per heavy atom. The van der Waals surface area contributed by atoms with Crippen LogP contribution in [0.3, 0.4) is 0 Å². The third-order valence-electron chi connectivity index (χ3n) is 5.54. The molecule has 1 aliphatic heterocycles. The summed E-state index contributed by atoms with van der Waals surface area (Å²) in [6.07, 6.45) is 1.93. The molecule has 2 N–H and O–H groups in total. The fraction of sp³-hybridized carbons (Fsp3) is 0.455. The van der Waals surface area contributed by atoms with Gasteiger partial charge in [-0.3, -0.25) is 4.90 Å². The zero-order chi connectivity index (χ0) is 18.7. The summed E-state index contributed by atoms with van der Waals surface area (Å²) in [5.41, 5.74) is 11.9. The first-order chi connectivity index (χ1) is 12.6. The molecule has 2 aromatic carbocycles. The Balaban J connectivity index is 2.00. The maximum Gasteiger partial charge on any atom is 0.161 e. The van der Waals surface area contributed by atoms with Gasteiger partial charge in [-0.2, -0.15) is 0 Å². The number of benzene rings is 2. The lowest BCUT2D eigenvalue weighted by Crippen LogP contribution is -2.44. The summed E-state index contributed by atoms with van der Waals surface area (Å²) < 4.78 is 11.0. The van der Waals surface area contributed by atoms with Gasteiger partial charge in [0.1, 0.15) is 0 Å². The Hall–Kier alpha value is -2.04. The van der Waals surface area contributed by atoms with Crippen molar-refractivity contribution in [3.63, 3.8) is 0 Å². The predicted octanol–water partition coefficient (Wildman–Crippen LogP) is 3.85. The molecule has 0 amide bonds. The van der Waals surface area contributed by atoms with E-state index in [1.807, 2.05) is 0 Å². The molecule has 140 valence electrons. The minimum Gasteiger partial charge on any atom is -0.493 e. The molecule has 0 bridgehead atoms. The fourth-order valence-corrected chi connectivity index (χ4v) is 3.94. The van der Waals surface area contributed by atoms with Crippen molar-refractivity contribution in [3.05, 3.63) is 58.7 Å². The molecule has 4 nitrogen and oxygen atoms in total. The van der Waals surface area contributed by atoms with E-state index < -0.39 is 0 Å². The number of rotatable bonds is 6. The van der Waals surface area contributed by atoms with E-state index in [0.717, 1.165) is 37.4 Å². The minimum atomic E-state index is 0.0798. The quantitative estimate of drug-likeness (QED) is 0.856. The molecule has 1 heterocycles. The van der Waals surface area contributed by atoms with E-state index in [0.29, 0.717) is 0 Å². The molecular formula is C22H30N2O2. The first-order valence-corrected chi connectivity index (χ1v) is 9.38. The maximum absolute atomic E-state index is 6.59. The Kier molecular flexibility index (Phi) is 5.84. The van der Waals surface area contributed by atoms with E-state index in [1.165, 1.54) is 22.3 Å². The third kappa shape index (κ3) is 3.57. The van der Waals surface area contributed by atoms with Gasteiger partial charge in [-0.05, 0) is 54.2 Å². The van der Waals surface area contributed by atoms with Crippen LogP contribution in [0.5, 0.6) is 11.5 Å². The van der Waals surface area contributed by atoms with Gasteiger partial charge in [-0.1, -0.05) is 31.2 Å². The molecule has 0 saturated heterocycles. The van der Waals surface area contributed by atoms with E-state index in [4.69, 9.17) is 15.2 Å². The number of nitrogens with two attached hydrogens (primary N) is 1. The van der Waals surface area contributed by atoms with Crippen molar-refractivity contribution < 1.29 is 9.47 Å². The van der Waals surface area contributed by atoms with Crippen molar-refractivity contribution in [2.75, 3.05) is 20.8 Å². The summed E-state index contributed by atoms with van der Waals surface area (Å²) >= 11 is 0. The van der Waals surface area contributed by atoms with Crippen molar-refractivity contribution in [3.8, 4) is 11.5 Å². The van der Waals surface area contributed by atoms with E-state index >= 15 is 0 Å². The zero-order valence-corrected chi connectivity index (χ0v) is 16.3. The third-order valence-corrected chi connectivity index (χ3v) is 5.54. The molecule has 4 heteroatoms. The van der Waals surface area contributed by atoms with E-state index in [1.54, 1.807) is 14.2 Å². The molecule has 2 aromatic rings. The molecule has 0 aliphatic carbocycles. The lowest BCUT2D eigenvalue weighted by atomic mass is 9.86. The van der Waals surface area contributed by atoms with Gasteiger partial charge in [-0.25, -0.2) is 0 Å². The number of nitrogens with zero attached hydrogens (tertiary/aromatic N) is 1. The summed E-state index contributed by atoms with van der Waals surface area (Å²) in [7, 11) is 3.37. The SMILES string of the molecule is CC[C@H](N)[C@H]1c2cc(OC)c(OC)cc2CCN1Cc1ccccc1C. The highest BCUT2D eigenvalue weighted by atomic mass is 16.5. The number of hydrogen-bond donors (Lipinski definition) is 1. The molecule has 1 aliphatic rings. The van der Waals surface area contributed by atoms with Gasteiger partial charge < -0.3 is 15.2 Å². The van der Waals surface area contributed by atoms with Crippen molar-refractivity contribution in [2.45, 2.75) is 45.3 Å². The van der Waals surface area contributed by atoms with Gasteiger partial charge in [0.05, 0.1) is 20.3 Å². The van der Waals surface area contributed by atoms with Gasteiger partial charge in [-0.15, -0.1) is 0 Å². The smallest absolute Gasteiger partial charge is 0.161 e. The average molecular weight is 354 g/mol. The monoisotopic (exact) mass is 354 g/mol. The first-order valence-electron chi connectivity index (χ1n) is 9.38. The summed E-state index contributed by atoms with van der Waals surface area (Å²) in [5, 5.41) is 0. The fourth-order valence-electron chi connectivity index (χ4n) is 3.94. The Labute approximate surface area is 156 Å². The van der Waals surface area contributed by atoms with Gasteiger partial charge in [0.15, 0.2) is 11.5 Å². The molecule has 0 radical (unpaired) electrons. The van der Waals surface area contributed by atoms with Crippen LogP contribution in [0.15, 0.2) is 36.4 Å². The highest BCUT2D eigenvalue weighted by molar-refractivity contribution is 5.50. The number of hydrogen-bond acceptors (Lipinski definition) is 4. The van der Waals surface area contributed by atoms with Crippen LogP contribution in [0.1, 0.15) is 41.6 Å². The predicted molar refractivity (Wildman–Crippen MR) is 106 cm³/mol. The molecule has 0 unspecified atom stereocenters.